The highest BCUT2D eigenvalue weighted by Crippen LogP contribution is 2.33. The van der Waals surface area contributed by atoms with E-state index in [1.54, 1.807) is 31.0 Å². The van der Waals surface area contributed by atoms with Crippen LogP contribution in [0.2, 0.25) is 0 Å². The van der Waals surface area contributed by atoms with Crippen molar-refractivity contribution in [3.63, 3.8) is 0 Å². The summed E-state index contributed by atoms with van der Waals surface area (Å²) in [6.07, 6.45) is 3.60. The van der Waals surface area contributed by atoms with Crippen LogP contribution in [0.1, 0.15) is 29.3 Å². The number of hydrogen-bond acceptors (Lipinski definition) is 5. The number of rotatable bonds is 4. The van der Waals surface area contributed by atoms with E-state index in [4.69, 9.17) is 10.5 Å². The number of aromatic nitrogens is 2. The molecule has 162 valence electrons. The third-order valence-corrected chi connectivity index (χ3v) is 5.28. The lowest BCUT2D eigenvalue weighted by atomic mass is 10.1. The molecule has 2 aromatic heterocycles. The van der Waals surface area contributed by atoms with Crippen molar-refractivity contribution in [1.29, 1.82) is 0 Å². The van der Waals surface area contributed by atoms with Gasteiger partial charge in [0.1, 0.15) is 5.52 Å². The quantitative estimate of drug-likeness (QED) is 0.591. The summed E-state index contributed by atoms with van der Waals surface area (Å²) in [5.74, 6) is -0.650. The number of amides is 3. The van der Waals surface area contributed by atoms with Crippen molar-refractivity contribution in [3.05, 3.63) is 53.6 Å². The van der Waals surface area contributed by atoms with Crippen molar-refractivity contribution < 1.29 is 23.8 Å². The smallest absolute Gasteiger partial charge is 0.316 e. The number of ether oxygens (including phenoxy) is 1. The molecule has 0 unspecified atom stereocenters. The van der Waals surface area contributed by atoms with E-state index in [-0.39, 0.29) is 23.9 Å². The van der Waals surface area contributed by atoms with E-state index < -0.39 is 17.4 Å². The first kappa shape index (κ1) is 20.6. The molecule has 4 rings (SSSR count). The molecule has 31 heavy (non-hydrogen) atoms. The Hall–Kier alpha value is -3.66. The van der Waals surface area contributed by atoms with Gasteiger partial charge in [-0.05, 0) is 38.0 Å². The standard InChI is InChI=1S/C21H22FN5O4/c1-12-14(19(28)26-8-6-21(2,30)11-26)10-27-18(12)17(5-7-24-27)31-16-4-3-13(9-15(16)22)25-20(23)29/h3-5,7,9-10,30H,6,8,11H2,1-2H3,(H3,23,25,29)/t21-/m0/s1. The van der Waals surface area contributed by atoms with Gasteiger partial charge in [0, 0.05) is 37.1 Å². The minimum atomic E-state index is -0.900. The van der Waals surface area contributed by atoms with Gasteiger partial charge in [0.2, 0.25) is 0 Å². The number of benzene rings is 1. The fourth-order valence-electron chi connectivity index (χ4n) is 3.73. The second kappa shape index (κ2) is 7.55. The minimum absolute atomic E-state index is 0.0628. The lowest BCUT2D eigenvalue weighted by molar-refractivity contribution is 0.0572. The molecular weight excluding hydrogens is 405 g/mol. The first-order chi connectivity index (χ1) is 14.6. The summed E-state index contributed by atoms with van der Waals surface area (Å²) in [5.41, 5.74) is 5.93. The molecule has 10 heteroatoms. The second-order valence-electron chi connectivity index (χ2n) is 7.87. The summed E-state index contributed by atoms with van der Waals surface area (Å²) in [6.45, 7) is 4.19. The van der Waals surface area contributed by atoms with E-state index in [1.165, 1.54) is 22.8 Å². The number of primary amides is 1. The monoisotopic (exact) mass is 427 g/mol. The summed E-state index contributed by atoms with van der Waals surface area (Å²) in [5, 5.41) is 16.7. The number of halogens is 1. The number of carbonyl (C=O) groups excluding carboxylic acids is 2. The topological polar surface area (TPSA) is 122 Å². The Bertz CT molecular complexity index is 1190. The van der Waals surface area contributed by atoms with Crippen LogP contribution in [-0.4, -0.2) is 50.2 Å². The summed E-state index contributed by atoms with van der Waals surface area (Å²) >= 11 is 0. The van der Waals surface area contributed by atoms with E-state index in [2.05, 4.69) is 10.4 Å². The highest BCUT2D eigenvalue weighted by atomic mass is 19.1. The maximum absolute atomic E-state index is 14.5. The molecule has 3 amide bonds. The van der Waals surface area contributed by atoms with Gasteiger partial charge in [0.05, 0.1) is 17.4 Å². The van der Waals surface area contributed by atoms with Crippen LogP contribution in [0.5, 0.6) is 11.5 Å². The van der Waals surface area contributed by atoms with Gasteiger partial charge < -0.3 is 25.8 Å². The third-order valence-electron chi connectivity index (χ3n) is 5.28. The molecule has 0 radical (unpaired) electrons. The molecule has 1 aliphatic rings. The van der Waals surface area contributed by atoms with Crippen LogP contribution in [0.15, 0.2) is 36.7 Å². The summed E-state index contributed by atoms with van der Waals surface area (Å²) in [7, 11) is 0. The average molecular weight is 427 g/mol. The molecule has 1 saturated heterocycles. The van der Waals surface area contributed by atoms with Gasteiger partial charge in [0.15, 0.2) is 17.3 Å². The molecule has 0 spiro atoms. The molecule has 1 aromatic carbocycles. The number of aliphatic hydroxyl groups is 1. The minimum Gasteiger partial charge on any atom is -0.452 e. The molecule has 4 N–H and O–H groups in total. The van der Waals surface area contributed by atoms with Gasteiger partial charge in [-0.1, -0.05) is 0 Å². The molecule has 0 aliphatic carbocycles. The van der Waals surface area contributed by atoms with E-state index in [0.717, 1.165) is 6.07 Å². The number of carbonyl (C=O) groups is 2. The lowest BCUT2D eigenvalue weighted by Crippen LogP contribution is -2.34. The van der Waals surface area contributed by atoms with Gasteiger partial charge in [-0.25, -0.2) is 13.7 Å². The Morgan fingerprint density at radius 1 is 1.32 bits per heavy atom. The molecule has 0 saturated carbocycles. The van der Waals surface area contributed by atoms with E-state index in [1.807, 2.05) is 0 Å². The van der Waals surface area contributed by atoms with Crippen LogP contribution in [-0.2, 0) is 0 Å². The highest BCUT2D eigenvalue weighted by molar-refractivity contribution is 5.98. The average Bonchev–Trinajstić information content (AvgIpc) is 3.23. The Morgan fingerprint density at radius 3 is 2.74 bits per heavy atom. The number of hydrogen-bond donors (Lipinski definition) is 3. The lowest BCUT2D eigenvalue weighted by Gasteiger charge is -2.18. The van der Waals surface area contributed by atoms with Crippen LogP contribution in [0.3, 0.4) is 0 Å². The molecule has 1 aliphatic heterocycles. The van der Waals surface area contributed by atoms with Crippen LogP contribution in [0, 0.1) is 12.7 Å². The zero-order valence-corrected chi connectivity index (χ0v) is 17.1. The second-order valence-corrected chi connectivity index (χ2v) is 7.87. The molecule has 3 heterocycles. The number of β-amino-alcohol motifs (C(OH)–C–C–N with tert-alkyl or cyclic N) is 1. The van der Waals surface area contributed by atoms with Gasteiger partial charge in [-0.3, -0.25) is 4.79 Å². The van der Waals surface area contributed by atoms with E-state index in [9.17, 15) is 19.1 Å². The van der Waals surface area contributed by atoms with Crippen molar-refractivity contribution >= 4 is 23.1 Å². The Kier molecular flexibility index (Phi) is 5.02. The molecule has 9 nitrogen and oxygen atoms in total. The molecule has 1 fully saturated rings. The van der Waals surface area contributed by atoms with Crippen molar-refractivity contribution in [2.45, 2.75) is 25.9 Å². The maximum atomic E-state index is 14.5. The molecule has 1 atom stereocenters. The number of fused-ring (bicyclic) bond motifs is 1. The number of nitrogens with zero attached hydrogens (tertiary/aromatic N) is 3. The van der Waals surface area contributed by atoms with Gasteiger partial charge >= 0.3 is 6.03 Å². The Morgan fingerprint density at radius 2 is 2.10 bits per heavy atom. The van der Waals surface area contributed by atoms with Crippen molar-refractivity contribution in [3.8, 4) is 11.5 Å². The fraction of sp³-hybridized carbons (Fsp3) is 0.286. The van der Waals surface area contributed by atoms with Crippen LogP contribution >= 0.6 is 0 Å². The van der Waals surface area contributed by atoms with Crippen LogP contribution < -0.4 is 15.8 Å². The SMILES string of the molecule is Cc1c(C(=O)N2CC[C@](C)(O)C2)cn2nccc(Oc3ccc(NC(N)=O)cc3F)c12. The zero-order chi connectivity index (χ0) is 22.3. The predicted octanol–water partition coefficient (Wildman–Crippen LogP) is 2.66. The maximum Gasteiger partial charge on any atom is 0.316 e. The number of anilines is 1. The van der Waals surface area contributed by atoms with Crippen molar-refractivity contribution in [2.24, 2.45) is 5.73 Å². The summed E-state index contributed by atoms with van der Waals surface area (Å²) < 4.78 is 21.8. The zero-order valence-electron chi connectivity index (χ0n) is 17.1. The number of nitrogens with one attached hydrogen (secondary N) is 1. The number of likely N-dealkylation sites (tertiary alicyclic amines) is 1. The number of urea groups is 1. The molecular formula is C21H22FN5O4. The van der Waals surface area contributed by atoms with Gasteiger partial charge in [-0.2, -0.15) is 5.10 Å². The van der Waals surface area contributed by atoms with Crippen LogP contribution in [0.25, 0.3) is 5.52 Å². The fourth-order valence-corrected chi connectivity index (χ4v) is 3.73. The van der Waals surface area contributed by atoms with E-state index in [0.29, 0.717) is 35.4 Å². The van der Waals surface area contributed by atoms with Crippen molar-refractivity contribution in [2.75, 3.05) is 18.4 Å². The Balaban J connectivity index is 1.66. The van der Waals surface area contributed by atoms with Gasteiger partial charge in [0.25, 0.3) is 5.91 Å². The van der Waals surface area contributed by atoms with E-state index >= 15 is 0 Å². The summed E-state index contributed by atoms with van der Waals surface area (Å²) in [6, 6.07) is 4.70. The predicted molar refractivity (Wildman–Crippen MR) is 111 cm³/mol. The highest BCUT2D eigenvalue weighted by Gasteiger charge is 2.35. The third kappa shape index (κ3) is 4.02. The first-order valence-corrected chi connectivity index (χ1v) is 9.67. The normalized spacial score (nSPS) is 18.4. The van der Waals surface area contributed by atoms with Gasteiger partial charge in [-0.15, -0.1) is 0 Å². The van der Waals surface area contributed by atoms with Crippen molar-refractivity contribution in [1.82, 2.24) is 14.5 Å². The first-order valence-electron chi connectivity index (χ1n) is 9.67. The molecule has 3 aromatic rings. The molecule has 0 bridgehead atoms. The number of aryl methyl sites for hydroxylation is 1. The van der Waals surface area contributed by atoms with Crippen LogP contribution in [0.4, 0.5) is 14.9 Å². The summed E-state index contributed by atoms with van der Waals surface area (Å²) in [4.78, 5) is 25.5. The Labute approximate surface area is 177 Å². The number of nitrogens with two attached hydrogens (primary N) is 1. The largest absolute Gasteiger partial charge is 0.452 e.